The standard InChI is InChI=1S/C7H13NO4S/c1-4(6(9)10)2-13-3-5(8)7(11)12/h4-5H,2-3,8H2,1H3,(H,9,10)(H,11,12)/t4-,5-/m0/s1. The summed E-state index contributed by atoms with van der Waals surface area (Å²) in [5.74, 6) is -1.78. The van der Waals surface area contributed by atoms with Crippen molar-refractivity contribution in [1.29, 1.82) is 0 Å². The van der Waals surface area contributed by atoms with E-state index in [2.05, 4.69) is 0 Å². The zero-order valence-corrected chi connectivity index (χ0v) is 8.08. The third-order valence-corrected chi connectivity index (χ3v) is 2.73. The molecule has 0 radical (unpaired) electrons. The Kier molecular flexibility index (Phi) is 5.48. The highest BCUT2D eigenvalue weighted by Crippen LogP contribution is 2.09. The van der Waals surface area contributed by atoms with Gasteiger partial charge in [0.2, 0.25) is 0 Å². The topological polar surface area (TPSA) is 101 Å². The Bertz CT molecular complexity index is 177. The molecule has 0 aliphatic rings. The maximum atomic E-state index is 10.3. The molecular weight excluding hydrogens is 194 g/mol. The van der Waals surface area contributed by atoms with E-state index in [1.807, 2.05) is 0 Å². The van der Waals surface area contributed by atoms with Crippen molar-refractivity contribution < 1.29 is 19.8 Å². The molecule has 0 aromatic rings. The number of carboxylic acid groups (broad SMARTS) is 2. The van der Waals surface area contributed by atoms with E-state index >= 15 is 0 Å². The second kappa shape index (κ2) is 5.82. The Morgan fingerprint density at radius 1 is 1.31 bits per heavy atom. The summed E-state index contributed by atoms with van der Waals surface area (Å²) in [6.45, 7) is 1.57. The molecule has 13 heavy (non-hydrogen) atoms. The average Bonchev–Trinajstić information content (AvgIpc) is 2.03. The fraction of sp³-hybridized carbons (Fsp3) is 0.714. The van der Waals surface area contributed by atoms with Gasteiger partial charge in [-0.3, -0.25) is 9.59 Å². The van der Waals surface area contributed by atoms with Crippen molar-refractivity contribution in [2.45, 2.75) is 13.0 Å². The molecule has 0 unspecified atom stereocenters. The van der Waals surface area contributed by atoms with Crippen LogP contribution < -0.4 is 5.73 Å². The van der Waals surface area contributed by atoms with Gasteiger partial charge in [-0.15, -0.1) is 0 Å². The smallest absolute Gasteiger partial charge is 0.321 e. The van der Waals surface area contributed by atoms with Crippen molar-refractivity contribution >= 4 is 23.7 Å². The van der Waals surface area contributed by atoms with Gasteiger partial charge in [-0.25, -0.2) is 0 Å². The van der Waals surface area contributed by atoms with Gasteiger partial charge >= 0.3 is 11.9 Å². The van der Waals surface area contributed by atoms with E-state index in [-0.39, 0.29) is 5.75 Å². The van der Waals surface area contributed by atoms with E-state index in [1.54, 1.807) is 6.92 Å². The van der Waals surface area contributed by atoms with Crippen LogP contribution >= 0.6 is 11.8 Å². The lowest BCUT2D eigenvalue weighted by atomic mass is 10.2. The molecule has 0 fully saturated rings. The molecule has 2 atom stereocenters. The zero-order valence-electron chi connectivity index (χ0n) is 7.27. The predicted molar refractivity (Wildman–Crippen MR) is 49.7 cm³/mol. The van der Waals surface area contributed by atoms with E-state index in [0.29, 0.717) is 5.75 Å². The molecule has 0 aliphatic carbocycles. The van der Waals surface area contributed by atoms with Gasteiger partial charge in [0.1, 0.15) is 6.04 Å². The van der Waals surface area contributed by atoms with Crippen molar-refractivity contribution in [2.75, 3.05) is 11.5 Å². The molecule has 0 spiro atoms. The first-order chi connectivity index (χ1) is 5.95. The highest BCUT2D eigenvalue weighted by atomic mass is 32.2. The number of aliphatic carboxylic acids is 2. The number of rotatable bonds is 6. The summed E-state index contributed by atoms with van der Waals surface area (Å²) in [6, 6.07) is -0.911. The van der Waals surface area contributed by atoms with Crippen molar-refractivity contribution in [2.24, 2.45) is 11.7 Å². The lowest BCUT2D eigenvalue weighted by molar-refractivity contribution is -0.140. The van der Waals surface area contributed by atoms with Gasteiger partial charge in [0.15, 0.2) is 0 Å². The maximum absolute atomic E-state index is 10.3. The molecule has 0 amide bonds. The summed E-state index contributed by atoms with van der Waals surface area (Å²) in [7, 11) is 0. The van der Waals surface area contributed by atoms with Gasteiger partial charge < -0.3 is 15.9 Å². The van der Waals surface area contributed by atoms with Gasteiger partial charge in [-0.1, -0.05) is 6.92 Å². The van der Waals surface area contributed by atoms with Crippen LogP contribution in [0.2, 0.25) is 0 Å². The first kappa shape index (κ1) is 12.2. The number of hydrogen-bond donors (Lipinski definition) is 3. The zero-order chi connectivity index (χ0) is 10.4. The minimum absolute atomic E-state index is 0.243. The second-order valence-electron chi connectivity index (χ2n) is 2.72. The van der Waals surface area contributed by atoms with Crippen LogP contribution in [0.25, 0.3) is 0 Å². The molecule has 6 heteroatoms. The Morgan fingerprint density at radius 3 is 2.23 bits per heavy atom. The summed E-state index contributed by atoms with van der Waals surface area (Å²) in [6.07, 6.45) is 0. The average molecular weight is 207 g/mol. The van der Waals surface area contributed by atoms with Gasteiger partial charge in [0, 0.05) is 11.5 Å². The van der Waals surface area contributed by atoms with Crippen molar-refractivity contribution in [3.05, 3.63) is 0 Å². The highest BCUT2D eigenvalue weighted by Gasteiger charge is 2.14. The molecule has 0 aromatic carbocycles. The molecular formula is C7H13NO4S. The Balaban J connectivity index is 3.56. The van der Waals surface area contributed by atoms with Crippen LogP contribution in [0, 0.1) is 5.92 Å². The van der Waals surface area contributed by atoms with Crippen molar-refractivity contribution in [3.8, 4) is 0 Å². The van der Waals surface area contributed by atoms with E-state index in [4.69, 9.17) is 15.9 Å². The monoisotopic (exact) mass is 207 g/mol. The number of hydrogen-bond acceptors (Lipinski definition) is 4. The van der Waals surface area contributed by atoms with Crippen LogP contribution in [0.3, 0.4) is 0 Å². The molecule has 0 heterocycles. The van der Waals surface area contributed by atoms with Gasteiger partial charge in [-0.2, -0.15) is 11.8 Å². The summed E-state index contributed by atoms with van der Waals surface area (Å²) in [4.78, 5) is 20.6. The Morgan fingerprint density at radius 2 is 1.85 bits per heavy atom. The number of nitrogens with two attached hydrogens (primary N) is 1. The van der Waals surface area contributed by atoms with Crippen LogP contribution in [0.5, 0.6) is 0 Å². The number of carbonyl (C=O) groups is 2. The van der Waals surface area contributed by atoms with Crippen LogP contribution in [0.4, 0.5) is 0 Å². The first-order valence-electron chi connectivity index (χ1n) is 3.74. The maximum Gasteiger partial charge on any atom is 0.321 e. The van der Waals surface area contributed by atoms with E-state index in [1.165, 1.54) is 11.8 Å². The third-order valence-electron chi connectivity index (χ3n) is 1.40. The summed E-state index contributed by atoms with van der Waals surface area (Å²) in [5, 5.41) is 16.9. The van der Waals surface area contributed by atoms with Crippen LogP contribution in [0.15, 0.2) is 0 Å². The normalized spacial score (nSPS) is 14.9. The number of carboxylic acids is 2. The second-order valence-corrected chi connectivity index (χ2v) is 3.80. The van der Waals surface area contributed by atoms with Crippen LogP contribution in [-0.2, 0) is 9.59 Å². The Hall–Kier alpha value is -0.750. The van der Waals surface area contributed by atoms with E-state index < -0.39 is 23.9 Å². The molecule has 0 saturated carbocycles. The van der Waals surface area contributed by atoms with Gasteiger partial charge in [0.05, 0.1) is 5.92 Å². The Labute approximate surface area is 80.3 Å². The lowest BCUT2D eigenvalue weighted by Crippen LogP contribution is -2.32. The minimum Gasteiger partial charge on any atom is -0.481 e. The molecule has 0 rings (SSSR count). The fourth-order valence-corrected chi connectivity index (χ4v) is 1.54. The summed E-state index contributed by atoms with van der Waals surface area (Å²) < 4.78 is 0. The third kappa shape index (κ3) is 5.48. The minimum atomic E-state index is -1.06. The molecule has 5 nitrogen and oxygen atoms in total. The van der Waals surface area contributed by atoms with Crippen molar-refractivity contribution in [3.63, 3.8) is 0 Å². The largest absolute Gasteiger partial charge is 0.481 e. The fourth-order valence-electron chi connectivity index (χ4n) is 0.514. The van der Waals surface area contributed by atoms with E-state index in [9.17, 15) is 9.59 Å². The molecule has 76 valence electrons. The first-order valence-corrected chi connectivity index (χ1v) is 4.89. The van der Waals surface area contributed by atoms with Crippen LogP contribution in [-0.4, -0.2) is 39.7 Å². The highest BCUT2D eigenvalue weighted by molar-refractivity contribution is 7.99. The van der Waals surface area contributed by atoms with Gasteiger partial charge in [0.25, 0.3) is 0 Å². The molecule has 0 saturated heterocycles. The SMILES string of the molecule is C[C@@H](CSC[C@H](N)C(=O)O)C(=O)O. The summed E-state index contributed by atoms with van der Waals surface area (Å²) >= 11 is 1.24. The van der Waals surface area contributed by atoms with Crippen LogP contribution in [0.1, 0.15) is 6.92 Å². The molecule has 0 bridgehead atoms. The molecule has 0 aliphatic heterocycles. The van der Waals surface area contributed by atoms with Gasteiger partial charge in [-0.05, 0) is 0 Å². The lowest BCUT2D eigenvalue weighted by Gasteiger charge is -2.07. The number of thioether (sulfide) groups is 1. The van der Waals surface area contributed by atoms with E-state index in [0.717, 1.165) is 0 Å². The molecule has 0 aromatic heterocycles. The quantitative estimate of drug-likeness (QED) is 0.560. The van der Waals surface area contributed by atoms with Crippen molar-refractivity contribution in [1.82, 2.24) is 0 Å². The molecule has 4 N–H and O–H groups in total. The predicted octanol–water partition coefficient (Wildman–Crippen LogP) is -0.148. The summed E-state index contributed by atoms with van der Waals surface area (Å²) in [5.41, 5.74) is 5.21.